The minimum Gasteiger partial charge on any atom is -0.385 e. The van der Waals surface area contributed by atoms with Crippen LogP contribution in [0.5, 0.6) is 0 Å². The van der Waals surface area contributed by atoms with Crippen LogP contribution in [0.4, 0.5) is 11.4 Å². The molecule has 4 nitrogen and oxygen atoms in total. The second kappa shape index (κ2) is 14.0. The molecule has 2 rings (SSSR count). The van der Waals surface area contributed by atoms with Gasteiger partial charge < -0.3 is 10.6 Å². The van der Waals surface area contributed by atoms with Crippen molar-refractivity contribution < 1.29 is 9.13 Å². The van der Waals surface area contributed by atoms with Gasteiger partial charge in [-0.15, -0.1) is 0 Å². The molecule has 0 atom stereocenters. The Labute approximate surface area is 172 Å². The normalized spacial score (nSPS) is 10.8. The topological polar surface area (TPSA) is 31.8 Å². The first-order valence-corrected chi connectivity index (χ1v) is 11.3. The summed E-state index contributed by atoms with van der Waals surface area (Å²) in [6, 6.07) is 8.75. The Bertz CT molecular complexity index is 565. The van der Waals surface area contributed by atoms with Crippen LogP contribution in [0.15, 0.2) is 49.1 Å². The van der Waals surface area contributed by atoms with Gasteiger partial charge in [0.1, 0.15) is 13.1 Å². The fraction of sp³-hybridized carbons (Fsp3) is 0.583. The van der Waals surface area contributed by atoms with E-state index in [2.05, 4.69) is 82.7 Å². The molecule has 154 valence electrons. The number of aromatic nitrogens is 2. The van der Waals surface area contributed by atoms with Crippen molar-refractivity contribution in [1.82, 2.24) is 0 Å². The number of pyridine rings is 2. The fourth-order valence-electron chi connectivity index (χ4n) is 3.25. The summed E-state index contributed by atoms with van der Waals surface area (Å²) in [5.74, 6) is 0. The summed E-state index contributed by atoms with van der Waals surface area (Å²) >= 11 is 0. The van der Waals surface area contributed by atoms with Crippen LogP contribution in [0.3, 0.4) is 0 Å². The van der Waals surface area contributed by atoms with Crippen molar-refractivity contribution in [2.24, 2.45) is 0 Å². The molecule has 0 aliphatic carbocycles. The minimum absolute atomic E-state index is 1.07. The molecular weight excluding hydrogens is 344 g/mol. The Morgan fingerprint density at radius 3 is 1.32 bits per heavy atom. The number of nitrogens with one attached hydrogen (secondary N) is 2. The van der Waals surface area contributed by atoms with Crippen LogP contribution in [0.2, 0.25) is 0 Å². The van der Waals surface area contributed by atoms with Gasteiger partial charge in [0.25, 0.3) is 0 Å². The summed E-state index contributed by atoms with van der Waals surface area (Å²) in [7, 11) is 0. The third-order valence-electron chi connectivity index (χ3n) is 5.08. The molecule has 0 spiro atoms. The largest absolute Gasteiger partial charge is 0.385 e. The highest BCUT2D eigenvalue weighted by Crippen LogP contribution is 2.05. The molecule has 0 saturated heterocycles. The summed E-state index contributed by atoms with van der Waals surface area (Å²) in [4.78, 5) is 0. The molecule has 0 bridgehead atoms. The van der Waals surface area contributed by atoms with E-state index in [1.807, 2.05) is 0 Å². The van der Waals surface area contributed by atoms with E-state index in [1.165, 1.54) is 62.7 Å². The van der Waals surface area contributed by atoms with E-state index in [-0.39, 0.29) is 0 Å². The van der Waals surface area contributed by atoms with Crippen LogP contribution in [0.1, 0.15) is 65.2 Å². The van der Waals surface area contributed by atoms with E-state index >= 15 is 0 Å². The minimum atomic E-state index is 1.07. The lowest BCUT2D eigenvalue weighted by Gasteiger charge is -2.05. The molecule has 2 aromatic rings. The zero-order chi connectivity index (χ0) is 19.9. The Balaban J connectivity index is 1.60. The first-order valence-electron chi connectivity index (χ1n) is 11.3. The van der Waals surface area contributed by atoms with E-state index in [0.717, 1.165) is 26.2 Å². The summed E-state index contributed by atoms with van der Waals surface area (Å²) in [5.41, 5.74) is 2.46. The predicted molar refractivity (Wildman–Crippen MR) is 119 cm³/mol. The van der Waals surface area contributed by atoms with Gasteiger partial charge >= 0.3 is 0 Å². The number of unbranched alkanes of at least 4 members (excludes halogenated alkanes) is 5. The molecule has 4 heteroatoms. The highest BCUT2D eigenvalue weighted by atomic mass is 15.0. The monoisotopic (exact) mass is 384 g/mol. The Hall–Kier alpha value is -2.10. The van der Waals surface area contributed by atoms with Crippen molar-refractivity contribution in [1.29, 1.82) is 0 Å². The van der Waals surface area contributed by atoms with E-state index in [9.17, 15) is 0 Å². The molecule has 0 amide bonds. The average Bonchev–Trinajstić information content (AvgIpc) is 2.74. The van der Waals surface area contributed by atoms with Crippen molar-refractivity contribution in [3.05, 3.63) is 49.1 Å². The lowest BCUT2D eigenvalue weighted by atomic mass is 10.2. The quantitative estimate of drug-likeness (QED) is 0.336. The van der Waals surface area contributed by atoms with Gasteiger partial charge in [0.15, 0.2) is 24.8 Å². The maximum atomic E-state index is 3.50. The second-order valence-electron chi connectivity index (χ2n) is 7.62. The molecule has 0 unspecified atom stereocenters. The van der Waals surface area contributed by atoms with Gasteiger partial charge in [-0.25, -0.2) is 9.13 Å². The lowest BCUT2D eigenvalue weighted by molar-refractivity contribution is -0.708. The Morgan fingerprint density at radius 2 is 0.964 bits per heavy atom. The number of aryl methyl sites for hydroxylation is 2. The Morgan fingerprint density at radius 1 is 0.571 bits per heavy atom. The van der Waals surface area contributed by atoms with Gasteiger partial charge in [0.2, 0.25) is 0 Å². The zero-order valence-corrected chi connectivity index (χ0v) is 18.0. The van der Waals surface area contributed by atoms with Gasteiger partial charge in [-0.1, -0.05) is 39.5 Å². The smallest absolute Gasteiger partial charge is 0.170 e. The van der Waals surface area contributed by atoms with Gasteiger partial charge in [-0.3, -0.25) is 0 Å². The van der Waals surface area contributed by atoms with Crippen LogP contribution in [-0.4, -0.2) is 13.1 Å². The predicted octanol–water partition coefficient (Wildman–Crippen LogP) is 4.95. The van der Waals surface area contributed by atoms with Crippen molar-refractivity contribution in [3.63, 3.8) is 0 Å². The second-order valence-corrected chi connectivity index (χ2v) is 7.62. The number of hydrogen-bond donors (Lipinski definition) is 2. The molecule has 2 heterocycles. The molecule has 0 radical (unpaired) electrons. The first-order chi connectivity index (χ1) is 13.8. The highest BCUT2D eigenvalue weighted by Gasteiger charge is 2.04. The standard InChI is InChI=1S/C24H38N4/c1-3-5-7-15-25-23-11-19-27(20-12-23)17-9-10-18-28-21-13-24(14-22-28)26-16-8-6-4-2/h11-14,19-22H,3-10,15-18H2,1-2H3/p+2. The fourth-order valence-corrected chi connectivity index (χ4v) is 3.25. The lowest BCUT2D eigenvalue weighted by Crippen LogP contribution is -2.35. The number of rotatable bonds is 15. The molecule has 0 fully saturated rings. The van der Waals surface area contributed by atoms with Crippen LogP contribution in [0.25, 0.3) is 0 Å². The van der Waals surface area contributed by atoms with Gasteiger partial charge in [-0.05, 0) is 12.8 Å². The summed E-state index contributed by atoms with van der Waals surface area (Å²) in [6.45, 7) is 8.78. The van der Waals surface area contributed by atoms with Gasteiger partial charge in [-0.2, -0.15) is 0 Å². The van der Waals surface area contributed by atoms with Crippen molar-refractivity contribution in [2.75, 3.05) is 23.7 Å². The van der Waals surface area contributed by atoms with Gasteiger partial charge in [0, 0.05) is 61.6 Å². The van der Waals surface area contributed by atoms with Crippen molar-refractivity contribution in [2.45, 2.75) is 78.3 Å². The molecule has 2 N–H and O–H groups in total. The van der Waals surface area contributed by atoms with E-state index in [4.69, 9.17) is 0 Å². The zero-order valence-electron chi connectivity index (χ0n) is 18.0. The molecule has 0 aliphatic rings. The summed E-state index contributed by atoms with van der Waals surface area (Å²) in [5, 5.41) is 6.99. The third-order valence-corrected chi connectivity index (χ3v) is 5.08. The number of nitrogens with zero attached hydrogens (tertiary/aromatic N) is 2. The first kappa shape index (κ1) is 22.2. The average molecular weight is 385 g/mol. The van der Waals surface area contributed by atoms with Gasteiger partial charge in [0.05, 0.1) is 0 Å². The van der Waals surface area contributed by atoms with Crippen LogP contribution in [-0.2, 0) is 13.1 Å². The van der Waals surface area contributed by atoms with Crippen LogP contribution >= 0.6 is 0 Å². The molecule has 0 saturated carbocycles. The Kier molecular flexibility index (Phi) is 11.1. The highest BCUT2D eigenvalue weighted by molar-refractivity contribution is 5.40. The SMILES string of the molecule is CCCCCNc1cc[n+](CCCC[n+]2ccc(NCCCCC)cc2)cc1. The van der Waals surface area contributed by atoms with Crippen LogP contribution in [0, 0.1) is 0 Å². The molecule has 2 aromatic heterocycles. The summed E-state index contributed by atoms with van der Waals surface area (Å²) < 4.78 is 4.57. The molecule has 0 aromatic carbocycles. The van der Waals surface area contributed by atoms with E-state index in [1.54, 1.807) is 0 Å². The van der Waals surface area contributed by atoms with Crippen molar-refractivity contribution in [3.8, 4) is 0 Å². The van der Waals surface area contributed by atoms with Crippen LogP contribution < -0.4 is 19.8 Å². The molecular formula is C24H40N4+2. The van der Waals surface area contributed by atoms with E-state index in [0.29, 0.717) is 0 Å². The maximum absolute atomic E-state index is 3.50. The number of anilines is 2. The molecule has 0 aliphatic heterocycles. The third kappa shape index (κ3) is 9.20. The van der Waals surface area contributed by atoms with Crippen molar-refractivity contribution >= 4 is 11.4 Å². The maximum Gasteiger partial charge on any atom is 0.170 e. The summed E-state index contributed by atoms with van der Waals surface area (Å²) in [6.07, 6.45) is 18.8. The van der Waals surface area contributed by atoms with E-state index < -0.39 is 0 Å². The number of hydrogen-bond acceptors (Lipinski definition) is 2. The molecule has 28 heavy (non-hydrogen) atoms.